The second-order valence-electron chi connectivity index (χ2n) is 4.74. The number of fused-ring (bicyclic) bond motifs is 1. The Morgan fingerprint density at radius 1 is 0.957 bits per heavy atom. The second kappa shape index (κ2) is 6.10. The Bertz CT molecular complexity index is 909. The normalized spacial score (nSPS) is 11.0. The standard InChI is InChI=1S/C16H12N4O3/c21-15-10-9-11-5-1-2-6-12(11)16(15)18-17-13-7-3-4-8-14(13)19-20(22)23/h1-10,19,21H. The van der Waals surface area contributed by atoms with Crippen molar-refractivity contribution in [1.82, 2.24) is 0 Å². The summed E-state index contributed by atoms with van der Waals surface area (Å²) in [6, 6.07) is 17.2. The summed E-state index contributed by atoms with van der Waals surface area (Å²) in [4.78, 5) is 10.6. The maximum Gasteiger partial charge on any atom is 0.162 e. The minimum atomic E-state index is -0.663. The molecule has 3 aromatic carbocycles. The highest BCUT2D eigenvalue weighted by Gasteiger charge is 2.08. The lowest BCUT2D eigenvalue weighted by molar-refractivity contribution is -0.445. The van der Waals surface area contributed by atoms with Crippen LogP contribution in [0.15, 0.2) is 70.9 Å². The predicted octanol–water partition coefficient (Wildman–Crippen LogP) is 4.56. The monoisotopic (exact) mass is 308 g/mol. The van der Waals surface area contributed by atoms with Crippen LogP contribution in [0.4, 0.5) is 17.1 Å². The molecule has 0 aliphatic rings. The Labute approximate surface area is 131 Å². The number of nitro groups is 1. The number of phenolic OH excluding ortho intramolecular Hbond substituents is 1. The van der Waals surface area contributed by atoms with Crippen molar-refractivity contribution in [3.8, 4) is 5.75 Å². The van der Waals surface area contributed by atoms with Gasteiger partial charge in [-0.1, -0.05) is 42.5 Å². The van der Waals surface area contributed by atoms with Crippen molar-refractivity contribution < 1.29 is 10.1 Å². The summed E-state index contributed by atoms with van der Waals surface area (Å²) in [5, 5.41) is 29.7. The third-order valence-corrected chi connectivity index (χ3v) is 3.25. The van der Waals surface area contributed by atoms with Crippen molar-refractivity contribution in [1.29, 1.82) is 0 Å². The zero-order chi connectivity index (χ0) is 16.2. The number of nitrogens with one attached hydrogen (secondary N) is 1. The van der Waals surface area contributed by atoms with Gasteiger partial charge in [-0.25, -0.2) is 10.1 Å². The number of hydrogen-bond donors (Lipinski definition) is 2. The third-order valence-electron chi connectivity index (χ3n) is 3.25. The highest BCUT2D eigenvalue weighted by Crippen LogP contribution is 2.36. The van der Waals surface area contributed by atoms with E-state index in [0.717, 1.165) is 10.8 Å². The number of nitrogens with zero attached hydrogens (tertiary/aromatic N) is 3. The van der Waals surface area contributed by atoms with E-state index in [2.05, 4.69) is 15.7 Å². The molecular formula is C16H12N4O3. The first-order valence-corrected chi connectivity index (χ1v) is 6.77. The number of para-hydroxylation sites is 1. The molecule has 0 aliphatic heterocycles. The fraction of sp³-hybridized carbons (Fsp3) is 0. The molecule has 7 heteroatoms. The molecule has 0 amide bonds. The summed E-state index contributed by atoms with van der Waals surface area (Å²) in [5.41, 5.74) is 2.91. The molecule has 23 heavy (non-hydrogen) atoms. The number of azo groups is 1. The van der Waals surface area contributed by atoms with Crippen LogP contribution in [0.1, 0.15) is 0 Å². The molecule has 0 heterocycles. The van der Waals surface area contributed by atoms with Gasteiger partial charge in [0.2, 0.25) is 0 Å². The van der Waals surface area contributed by atoms with Crippen LogP contribution in [0, 0.1) is 10.1 Å². The Hall–Kier alpha value is -3.48. The lowest BCUT2D eigenvalue weighted by Crippen LogP contribution is -2.07. The molecule has 2 N–H and O–H groups in total. The van der Waals surface area contributed by atoms with Crippen LogP contribution >= 0.6 is 0 Å². The molecule has 0 atom stereocenters. The van der Waals surface area contributed by atoms with Gasteiger partial charge in [-0.2, -0.15) is 0 Å². The summed E-state index contributed by atoms with van der Waals surface area (Å²) < 4.78 is 0. The third kappa shape index (κ3) is 3.08. The zero-order valence-corrected chi connectivity index (χ0v) is 11.9. The van der Waals surface area contributed by atoms with Gasteiger partial charge in [-0.05, 0) is 23.6 Å². The summed E-state index contributed by atoms with van der Waals surface area (Å²) in [7, 11) is 0. The van der Waals surface area contributed by atoms with E-state index in [4.69, 9.17) is 0 Å². The largest absolute Gasteiger partial charge is 0.506 e. The predicted molar refractivity (Wildman–Crippen MR) is 86.8 cm³/mol. The molecule has 0 radical (unpaired) electrons. The van der Waals surface area contributed by atoms with E-state index in [1.54, 1.807) is 24.3 Å². The maximum atomic E-state index is 10.6. The number of hydrogen-bond acceptors (Lipinski definition) is 5. The highest BCUT2D eigenvalue weighted by atomic mass is 16.7. The fourth-order valence-electron chi connectivity index (χ4n) is 2.21. The number of rotatable bonds is 4. The summed E-state index contributed by atoms with van der Waals surface area (Å²) in [6.07, 6.45) is 0. The van der Waals surface area contributed by atoms with E-state index in [9.17, 15) is 15.2 Å². The average molecular weight is 308 g/mol. The van der Waals surface area contributed by atoms with Crippen LogP contribution in [-0.4, -0.2) is 10.1 Å². The van der Waals surface area contributed by atoms with Gasteiger partial charge >= 0.3 is 0 Å². The second-order valence-corrected chi connectivity index (χ2v) is 4.74. The summed E-state index contributed by atoms with van der Waals surface area (Å²) >= 11 is 0. The van der Waals surface area contributed by atoms with Crippen LogP contribution in [0.3, 0.4) is 0 Å². The average Bonchev–Trinajstić information content (AvgIpc) is 2.55. The maximum absolute atomic E-state index is 10.6. The molecular weight excluding hydrogens is 296 g/mol. The van der Waals surface area contributed by atoms with Gasteiger partial charge in [-0.15, -0.1) is 15.7 Å². The first-order valence-electron chi connectivity index (χ1n) is 6.77. The molecule has 3 aromatic rings. The molecule has 0 aromatic heterocycles. The fourth-order valence-corrected chi connectivity index (χ4v) is 2.21. The Balaban J connectivity index is 2.04. The molecule has 0 spiro atoms. The minimum absolute atomic E-state index is 0.00725. The van der Waals surface area contributed by atoms with Gasteiger partial charge in [0.1, 0.15) is 22.8 Å². The van der Waals surface area contributed by atoms with E-state index in [-0.39, 0.29) is 11.4 Å². The molecule has 0 aliphatic carbocycles. The van der Waals surface area contributed by atoms with Crippen LogP contribution in [0.5, 0.6) is 5.75 Å². The van der Waals surface area contributed by atoms with Crippen LogP contribution in [0.25, 0.3) is 10.8 Å². The number of anilines is 1. The van der Waals surface area contributed by atoms with Gasteiger partial charge in [0.05, 0.1) is 0 Å². The molecule has 0 unspecified atom stereocenters. The molecule has 114 valence electrons. The minimum Gasteiger partial charge on any atom is -0.506 e. The SMILES string of the molecule is O=[N+]([O-])Nc1ccccc1N=Nc1c(O)ccc2ccccc12. The number of hydrazine groups is 1. The molecule has 0 bridgehead atoms. The van der Waals surface area contributed by atoms with Gasteiger partial charge in [-0.3, -0.25) is 0 Å². The Morgan fingerprint density at radius 3 is 2.52 bits per heavy atom. The van der Waals surface area contributed by atoms with E-state index in [1.165, 1.54) is 12.1 Å². The van der Waals surface area contributed by atoms with Gasteiger partial charge in [0.25, 0.3) is 0 Å². The van der Waals surface area contributed by atoms with Crippen molar-refractivity contribution >= 4 is 27.8 Å². The van der Waals surface area contributed by atoms with Crippen molar-refractivity contribution in [2.24, 2.45) is 10.2 Å². The molecule has 7 nitrogen and oxygen atoms in total. The van der Waals surface area contributed by atoms with E-state index >= 15 is 0 Å². The Kier molecular flexibility index (Phi) is 3.84. The van der Waals surface area contributed by atoms with Crippen LogP contribution in [0.2, 0.25) is 0 Å². The molecule has 0 saturated carbocycles. The van der Waals surface area contributed by atoms with Crippen LogP contribution in [-0.2, 0) is 0 Å². The first kappa shape index (κ1) is 14.5. The Morgan fingerprint density at radius 2 is 1.70 bits per heavy atom. The van der Waals surface area contributed by atoms with Gasteiger partial charge in [0.15, 0.2) is 5.03 Å². The topological polar surface area (TPSA) is 100 Å². The van der Waals surface area contributed by atoms with Crippen molar-refractivity contribution in [3.63, 3.8) is 0 Å². The number of aromatic hydroxyl groups is 1. The number of benzene rings is 3. The van der Waals surface area contributed by atoms with Crippen molar-refractivity contribution in [2.45, 2.75) is 0 Å². The van der Waals surface area contributed by atoms with Crippen LogP contribution < -0.4 is 5.43 Å². The zero-order valence-electron chi connectivity index (χ0n) is 11.9. The molecule has 3 rings (SSSR count). The van der Waals surface area contributed by atoms with E-state index in [1.807, 2.05) is 24.3 Å². The highest BCUT2D eigenvalue weighted by molar-refractivity contribution is 5.95. The smallest absolute Gasteiger partial charge is 0.162 e. The van der Waals surface area contributed by atoms with Gasteiger partial charge in [0, 0.05) is 5.39 Å². The summed E-state index contributed by atoms with van der Waals surface area (Å²) in [5.74, 6) is -0.00725. The molecule has 0 saturated heterocycles. The lowest BCUT2D eigenvalue weighted by atomic mass is 10.1. The molecule has 0 fully saturated rings. The lowest BCUT2D eigenvalue weighted by Gasteiger charge is -2.04. The quantitative estimate of drug-likeness (QED) is 0.419. The summed E-state index contributed by atoms with van der Waals surface area (Å²) in [6.45, 7) is 0. The van der Waals surface area contributed by atoms with Crippen molar-refractivity contribution in [3.05, 3.63) is 70.8 Å². The van der Waals surface area contributed by atoms with Crippen molar-refractivity contribution in [2.75, 3.05) is 5.43 Å². The number of phenols is 1. The van der Waals surface area contributed by atoms with E-state index in [0.29, 0.717) is 11.4 Å². The van der Waals surface area contributed by atoms with Gasteiger partial charge < -0.3 is 5.11 Å². The first-order chi connectivity index (χ1) is 11.1. The van der Waals surface area contributed by atoms with E-state index < -0.39 is 5.03 Å².